The van der Waals surface area contributed by atoms with Gasteiger partial charge in [0, 0.05) is 18.8 Å². The maximum Gasteiger partial charge on any atom is 0.433 e. The number of nitrogens with zero attached hydrogens (tertiary/aromatic N) is 4. The molecular weight excluding hydrogens is 272 g/mol. The Morgan fingerprint density at radius 1 is 1.29 bits per heavy atom. The molecule has 0 saturated carbocycles. The molecule has 0 aliphatic heterocycles. The number of nitro groups is 1. The van der Waals surface area contributed by atoms with Gasteiger partial charge >= 0.3 is 11.4 Å². The summed E-state index contributed by atoms with van der Waals surface area (Å²) in [6.45, 7) is 0. The van der Waals surface area contributed by atoms with Gasteiger partial charge in [0.25, 0.3) is 0 Å². The Hall–Kier alpha value is -3.14. The summed E-state index contributed by atoms with van der Waals surface area (Å²) in [5.41, 5.74) is 0.969. The monoisotopic (exact) mass is 285 g/mol. The maximum absolute atomic E-state index is 11.2. The van der Waals surface area contributed by atoms with Crippen molar-refractivity contribution in [1.29, 1.82) is 5.39 Å². The van der Waals surface area contributed by atoms with Crippen LogP contribution in [0.3, 0.4) is 0 Å². The van der Waals surface area contributed by atoms with Crippen molar-refractivity contribution in [2.24, 2.45) is 0 Å². The molecule has 0 heterocycles. The molecule has 2 rings (SSSR count). The fourth-order valence-electron chi connectivity index (χ4n) is 1.99. The Morgan fingerprint density at radius 2 is 1.95 bits per heavy atom. The molecule has 0 fully saturated rings. The summed E-state index contributed by atoms with van der Waals surface area (Å²) < 4.78 is 5.09. The summed E-state index contributed by atoms with van der Waals surface area (Å²) in [5, 5.41) is 20.2. The summed E-state index contributed by atoms with van der Waals surface area (Å²) in [5.74, 6) is 0.251. The molecule has 0 atom stereocenters. The van der Waals surface area contributed by atoms with Crippen LogP contribution in [0.25, 0.3) is 4.98 Å². The zero-order valence-corrected chi connectivity index (χ0v) is 11.6. The van der Waals surface area contributed by atoms with E-state index in [1.165, 1.54) is 19.2 Å². The maximum atomic E-state index is 11.2. The van der Waals surface area contributed by atoms with Gasteiger partial charge in [0.15, 0.2) is 4.98 Å². The molecule has 106 valence electrons. The third-order valence-electron chi connectivity index (χ3n) is 3.09. The average molecular weight is 285 g/mol. The first-order chi connectivity index (χ1) is 10.1. The van der Waals surface area contributed by atoms with Crippen LogP contribution >= 0.6 is 0 Å². The lowest BCUT2D eigenvalue weighted by Crippen LogP contribution is -2.11. The Balaban J connectivity index is 2.62. The quantitative estimate of drug-likeness (QED) is 0.484. The lowest BCUT2D eigenvalue weighted by Gasteiger charge is -2.19. The van der Waals surface area contributed by atoms with Crippen molar-refractivity contribution < 1.29 is 9.66 Å². The van der Waals surface area contributed by atoms with Gasteiger partial charge in [0.05, 0.1) is 12.0 Å². The predicted octanol–water partition coefficient (Wildman–Crippen LogP) is 3.86. The Kier molecular flexibility index (Phi) is 4.00. The first kappa shape index (κ1) is 14.3. The minimum Gasteiger partial charge on any atom is -0.489 e. The Morgan fingerprint density at radius 3 is 2.48 bits per heavy atom. The fraction of sp³-hybridized carbons (Fsp3) is 0.143. The second-order valence-electron chi connectivity index (χ2n) is 4.26. The fourth-order valence-corrected chi connectivity index (χ4v) is 1.99. The average Bonchev–Trinajstić information content (AvgIpc) is 2.53. The van der Waals surface area contributed by atoms with Gasteiger partial charge in [-0.25, -0.2) is 0 Å². The number of hydrogen-bond acceptors (Lipinski definition) is 5. The van der Waals surface area contributed by atoms with Crippen molar-refractivity contribution in [2.75, 3.05) is 19.1 Å². The zero-order valence-electron chi connectivity index (χ0n) is 11.6. The van der Waals surface area contributed by atoms with Crippen LogP contribution in [-0.4, -0.2) is 19.1 Å². The van der Waals surface area contributed by atoms with Crippen LogP contribution in [0.4, 0.5) is 22.7 Å². The number of para-hydroxylation sites is 1. The van der Waals surface area contributed by atoms with Gasteiger partial charge in [-0.15, -0.1) is 0 Å². The van der Waals surface area contributed by atoms with E-state index >= 15 is 0 Å². The number of methoxy groups -OCH3 is 1. The molecule has 7 nitrogen and oxygen atoms in total. The van der Waals surface area contributed by atoms with Crippen molar-refractivity contribution in [3.8, 4) is 5.75 Å². The molecule has 7 heteroatoms. The molecule has 2 aromatic rings. The SMILES string of the molecule is COc1cc(N(C)c2ccccc2)c([N+](=O)[O-])cc1[N+]#N. The van der Waals surface area contributed by atoms with E-state index in [4.69, 9.17) is 10.1 Å². The summed E-state index contributed by atoms with van der Waals surface area (Å²) in [6, 6.07) is 11.9. The Labute approximate surface area is 121 Å². The first-order valence-electron chi connectivity index (χ1n) is 6.08. The topological polar surface area (TPSA) is 83.8 Å². The van der Waals surface area contributed by atoms with E-state index in [0.717, 1.165) is 5.69 Å². The van der Waals surface area contributed by atoms with Crippen LogP contribution in [0.5, 0.6) is 5.75 Å². The second-order valence-corrected chi connectivity index (χ2v) is 4.26. The molecule has 0 radical (unpaired) electrons. The van der Waals surface area contributed by atoms with Crippen molar-refractivity contribution >= 4 is 22.7 Å². The highest BCUT2D eigenvalue weighted by atomic mass is 16.6. The van der Waals surface area contributed by atoms with E-state index in [2.05, 4.69) is 4.98 Å². The van der Waals surface area contributed by atoms with Crippen molar-refractivity contribution in [1.82, 2.24) is 0 Å². The molecule has 0 amide bonds. The third kappa shape index (κ3) is 2.74. The van der Waals surface area contributed by atoms with Gasteiger partial charge < -0.3 is 9.64 Å². The van der Waals surface area contributed by atoms with Gasteiger partial charge in [-0.05, 0) is 12.1 Å². The second kappa shape index (κ2) is 5.88. The Bertz CT molecular complexity index is 710. The van der Waals surface area contributed by atoms with Crippen LogP contribution in [0.1, 0.15) is 0 Å². The standard InChI is InChI=1S/C14H13N4O3/c1-17(10-6-4-3-5-7-10)12-9-14(21-2)11(16-15)8-13(12)18(19)20/h3-9H,1-2H3/q+1. The van der Waals surface area contributed by atoms with Gasteiger partial charge in [0.1, 0.15) is 11.8 Å². The van der Waals surface area contributed by atoms with Crippen LogP contribution in [-0.2, 0) is 0 Å². The van der Waals surface area contributed by atoms with Crippen LogP contribution in [0, 0.1) is 15.5 Å². The highest BCUT2D eigenvalue weighted by Crippen LogP contribution is 2.41. The van der Waals surface area contributed by atoms with E-state index in [1.807, 2.05) is 30.3 Å². The largest absolute Gasteiger partial charge is 0.489 e. The number of nitro benzene ring substituents is 1. The lowest BCUT2D eigenvalue weighted by atomic mass is 10.2. The summed E-state index contributed by atoms with van der Waals surface area (Å²) >= 11 is 0. The predicted molar refractivity (Wildman–Crippen MR) is 78.9 cm³/mol. The number of hydrogen-bond donors (Lipinski definition) is 0. The number of rotatable bonds is 4. The molecule has 0 saturated heterocycles. The molecule has 0 unspecified atom stereocenters. The highest BCUT2D eigenvalue weighted by Gasteiger charge is 2.27. The number of anilines is 2. The van der Waals surface area contributed by atoms with Gasteiger partial charge in [-0.2, -0.15) is 0 Å². The van der Waals surface area contributed by atoms with Crippen molar-refractivity contribution in [3.63, 3.8) is 0 Å². The normalized spacial score (nSPS) is 9.76. The zero-order chi connectivity index (χ0) is 15.4. The van der Waals surface area contributed by atoms with Gasteiger partial charge in [-0.1, -0.05) is 18.2 Å². The minimum atomic E-state index is -0.525. The van der Waals surface area contributed by atoms with Crippen molar-refractivity contribution in [3.05, 3.63) is 57.6 Å². The summed E-state index contributed by atoms with van der Waals surface area (Å²) in [6.07, 6.45) is 0. The molecule has 2 aromatic carbocycles. The molecule has 0 aromatic heterocycles. The molecule has 21 heavy (non-hydrogen) atoms. The van der Waals surface area contributed by atoms with E-state index in [-0.39, 0.29) is 17.1 Å². The number of diazo groups is 1. The molecular formula is C14H13N4O3+. The molecule has 0 spiro atoms. The van der Waals surface area contributed by atoms with Crippen LogP contribution in [0.2, 0.25) is 0 Å². The van der Waals surface area contributed by atoms with Crippen LogP contribution in [0.15, 0.2) is 42.5 Å². The van der Waals surface area contributed by atoms with Gasteiger partial charge in [0.2, 0.25) is 11.1 Å². The van der Waals surface area contributed by atoms with E-state index < -0.39 is 4.92 Å². The van der Waals surface area contributed by atoms with Crippen LogP contribution < -0.4 is 9.64 Å². The van der Waals surface area contributed by atoms with Gasteiger partial charge in [-0.3, -0.25) is 10.1 Å². The molecule has 0 aliphatic rings. The number of benzene rings is 2. The van der Waals surface area contributed by atoms with E-state index in [9.17, 15) is 10.1 Å². The molecule has 0 aliphatic carbocycles. The third-order valence-corrected chi connectivity index (χ3v) is 3.09. The lowest BCUT2D eigenvalue weighted by molar-refractivity contribution is -0.384. The molecule has 0 N–H and O–H groups in total. The number of ether oxygens (including phenoxy) is 1. The highest BCUT2D eigenvalue weighted by molar-refractivity contribution is 5.79. The first-order valence-corrected chi connectivity index (χ1v) is 6.08. The van der Waals surface area contributed by atoms with Crippen molar-refractivity contribution in [2.45, 2.75) is 0 Å². The molecule has 0 bridgehead atoms. The summed E-state index contributed by atoms with van der Waals surface area (Å²) in [7, 11) is 3.12. The minimum absolute atomic E-state index is 0.00871. The van der Waals surface area contributed by atoms with E-state index in [0.29, 0.717) is 5.69 Å². The smallest absolute Gasteiger partial charge is 0.433 e. The summed E-state index contributed by atoms with van der Waals surface area (Å²) in [4.78, 5) is 15.4. The van der Waals surface area contributed by atoms with E-state index in [1.54, 1.807) is 11.9 Å².